The van der Waals surface area contributed by atoms with Crippen LogP contribution in [0.4, 0.5) is 51.7 Å². The van der Waals surface area contributed by atoms with E-state index in [0.29, 0.717) is 167 Å². The van der Waals surface area contributed by atoms with Gasteiger partial charge < -0.3 is 96.6 Å². The summed E-state index contributed by atoms with van der Waals surface area (Å²) in [7, 11) is 0. The number of aryl methyl sites for hydroxylation is 2. The van der Waals surface area contributed by atoms with Gasteiger partial charge in [-0.15, -0.1) is 19.6 Å². The number of hydrogen-bond donors (Lipinski definition) is 6. The third-order valence-electron chi connectivity index (χ3n) is 22.9. The van der Waals surface area contributed by atoms with Crippen LogP contribution in [0.25, 0.3) is 49.7 Å². The summed E-state index contributed by atoms with van der Waals surface area (Å²) in [6, 6.07) is 42.8. The van der Waals surface area contributed by atoms with E-state index in [-0.39, 0.29) is 133 Å². The molecule has 0 unspecified atom stereocenters. The van der Waals surface area contributed by atoms with Crippen molar-refractivity contribution < 1.29 is 95.7 Å². The molecule has 0 fully saturated rings. The molecule has 4 aromatic heterocycles. The summed E-state index contributed by atoms with van der Waals surface area (Å²) >= 11 is 0. The number of benzene rings is 9. The largest absolute Gasteiger partial charge is 0.493 e. The monoisotopic (exact) mass is 1780 g/mol. The highest BCUT2D eigenvalue weighted by Gasteiger charge is 2.30. The number of aliphatic carboxylic acids is 2. The maximum atomic E-state index is 14.3. The molecule has 0 aliphatic carbocycles. The van der Waals surface area contributed by atoms with Gasteiger partial charge in [-0.3, -0.25) is 9.59 Å². The number of nitroso groups, excluding NO2 is 4. The summed E-state index contributed by atoms with van der Waals surface area (Å²) in [6.45, 7) is 16.6. The van der Waals surface area contributed by atoms with Gasteiger partial charge in [0.2, 0.25) is 23.5 Å². The van der Waals surface area contributed by atoms with Crippen LogP contribution in [0.5, 0.6) is 46.5 Å². The number of carboxylic acid groups (broad SMARTS) is 2. The molecule has 0 saturated carbocycles. The Morgan fingerprint density at radius 2 is 0.769 bits per heavy atom. The van der Waals surface area contributed by atoms with Gasteiger partial charge in [0.15, 0.2) is 49.9 Å². The SMILES string of the molecule is C=Cc1cccc2c1c(N=O)c(O)n2Cc1cc(F)cc2c1OCOC2.CC(C)CCN(CCC(C)C)c1ccc2c(c1)c(N=O)c(O)n2Cc1cc(F)cc2c1OCOC2.O=Nc1c(O)n(Cc2cc(F)cc3c2OCOC3)c2ccc(N(CCCC(=O)O)CCCC(=O)O)cc12.O=Nc1c(O)n(Cc2cc(F)cc3c2OCOC3)c2cccc(CCc3ccccc3)c12. The van der Waals surface area contributed by atoms with E-state index in [1.807, 2.05) is 59.5 Å². The highest BCUT2D eigenvalue weighted by molar-refractivity contribution is 6.02. The van der Waals surface area contributed by atoms with E-state index in [9.17, 15) is 67.2 Å². The lowest BCUT2D eigenvalue weighted by atomic mass is 10.0. The third-order valence-corrected chi connectivity index (χ3v) is 22.9. The van der Waals surface area contributed by atoms with Crippen molar-refractivity contribution in [3.8, 4) is 46.5 Å². The van der Waals surface area contributed by atoms with Crippen LogP contribution in [-0.2, 0) is 94.0 Å². The average Bonchev–Trinajstić information content (AvgIpc) is 1.62. The maximum Gasteiger partial charge on any atom is 0.303 e. The second kappa shape index (κ2) is 41.7. The highest BCUT2D eigenvalue weighted by atomic mass is 19.1. The third kappa shape index (κ3) is 20.6. The first-order valence-electron chi connectivity index (χ1n) is 42.2. The van der Waals surface area contributed by atoms with Gasteiger partial charge in [0.05, 0.1) is 74.7 Å². The summed E-state index contributed by atoms with van der Waals surface area (Å²) in [5, 5.41) is 75.5. The molecule has 0 saturated heterocycles. The van der Waals surface area contributed by atoms with E-state index in [1.54, 1.807) is 51.6 Å². The Kier molecular flexibility index (Phi) is 29.5. The minimum atomic E-state index is -0.939. The first-order valence-corrected chi connectivity index (χ1v) is 42.2. The van der Waals surface area contributed by atoms with Crippen LogP contribution in [0.1, 0.15) is 127 Å². The predicted octanol–water partition coefficient (Wildman–Crippen LogP) is 21.1. The first-order chi connectivity index (χ1) is 62.8. The van der Waals surface area contributed by atoms with Gasteiger partial charge in [0.25, 0.3) is 0 Å². The Morgan fingerprint density at radius 3 is 1.14 bits per heavy atom. The number of ether oxygens (including phenoxy) is 8. The van der Waals surface area contributed by atoms with Crippen LogP contribution < -0.4 is 28.7 Å². The molecule has 0 radical (unpaired) electrons. The fourth-order valence-corrected chi connectivity index (χ4v) is 16.7. The van der Waals surface area contributed by atoms with Crippen LogP contribution in [0.15, 0.2) is 179 Å². The number of halogens is 4. The van der Waals surface area contributed by atoms with Crippen LogP contribution in [-0.4, -0.2) is 114 Å². The number of hydrogen-bond acceptors (Lipinski definition) is 24. The molecule has 17 rings (SSSR count). The van der Waals surface area contributed by atoms with Gasteiger partial charge in [0, 0.05) is 116 Å². The lowest BCUT2D eigenvalue weighted by Crippen LogP contribution is -2.27. The van der Waals surface area contributed by atoms with Gasteiger partial charge in [0.1, 0.15) is 46.3 Å². The number of aromatic nitrogens is 4. The Labute approximate surface area is 742 Å². The van der Waals surface area contributed by atoms with Crippen LogP contribution in [0.3, 0.4) is 0 Å². The normalized spacial score (nSPS) is 13.1. The standard InChI is InChI=1S/C27H34FN3O4.C25H26FN3O8.C25H21FN2O4.C19H15FN2O4/c1-17(2)7-9-30(10-8-18(3)4)22-5-6-24-23(13-22)25(29-33)27(32)31(24)14-19-11-21(28)12-20-15-34-16-35-26(19)20;26-17-9-15(24-16(10-17)13-36-14-37-24)12-29-20-6-5-18(11-19(20)23(27-35)25(29)34)28(7-1-3-21(30)31)8-2-4-22(32)33;26-20-11-18(24-19(12-20)14-31-15-32-24)13-28-21-8-4-7-17(22(21)23(27-30)25(28)29)10-9-16-5-2-1-3-6-16;1-2-11-4-3-5-15-16(11)17(21-24)19(23)22(15)8-12-6-14(20)7-13-9-25-10-26-18(12)13/h5-6,11-13,17-18,32H,7-10,14-16H2,1-4H3;5-6,9-11,34H,1-4,7-8,12-14H2,(H,30,31)(H,32,33);1-8,11-12,29H,9-10,13-15H2;2-7,23H,1,8-10H2. The summed E-state index contributed by atoms with van der Waals surface area (Å²) in [5.41, 5.74) is 11.0. The second-order valence-corrected chi connectivity index (χ2v) is 32.5. The number of carbonyl (C=O) groups is 2. The van der Waals surface area contributed by atoms with Crippen molar-refractivity contribution >= 4 is 95.8 Å². The zero-order valence-electron chi connectivity index (χ0n) is 71.7. The van der Waals surface area contributed by atoms with Crippen molar-refractivity contribution in [1.29, 1.82) is 0 Å². The minimum absolute atomic E-state index is 0.00168. The summed E-state index contributed by atoms with van der Waals surface area (Å²) in [4.78, 5) is 72.6. The fourth-order valence-electron chi connectivity index (χ4n) is 16.7. The molecule has 0 atom stereocenters. The van der Waals surface area contributed by atoms with Crippen molar-refractivity contribution in [3.63, 3.8) is 0 Å². The fraction of sp³-hybridized carbons (Fsp3) is 0.312. The molecule has 0 amide bonds. The number of aromatic hydroxyl groups is 4. The molecular weight excluding hydrogens is 1690 g/mol. The number of nitrogens with zero attached hydrogens (tertiary/aromatic N) is 10. The Balaban J connectivity index is 0.000000141. The molecule has 0 spiro atoms. The Morgan fingerprint density at radius 1 is 0.415 bits per heavy atom. The van der Waals surface area contributed by atoms with E-state index in [2.05, 4.69) is 72.0 Å². The van der Waals surface area contributed by atoms with Crippen molar-refractivity contribution in [3.05, 3.63) is 262 Å². The van der Waals surface area contributed by atoms with Gasteiger partial charge in [-0.25, -0.2) is 17.6 Å². The molecule has 678 valence electrons. The molecule has 34 heteroatoms. The van der Waals surface area contributed by atoms with Crippen molar-refractivity contribution in [1.82, 2.24) is 18.3 Å². The van der Waals surface area contributed by atoms with Crippen molar-refractivity contribution in [2.24, 2.45) is 32.5 Å². The summed E-state index contributed by atoms with van der Waals surface area (Å²) < 4.78 is 106. The first kappa shape index (κ1) is 92.0. The van der Waals surface area contributed by atoms with E-state index in [1.165, 1.54) is 63.2 Å². The van der Waals surface area contributed by atoms with Gasteiger partial charge >= 0.3 is 11.9 Å². The molecule has 4 aliphatic rings. The molecule has 6 N–H and O–H groups in total. The molecule has 8 heterocycles. The molecule has 130 heavy (non-hydrogen) atoms. The lowest BCUT2D eigenvalue weighted by molar-refractivity contribution is -0.138. The molecule has 13 aromatic rings. The summed E-state index contributed by atoms with van der Waals surface area (Å²) in [6.07, 6.45) is 5.72. The van der Waals surface area contributed by atoms with Gasteiger partial charge in [-0.1, -0.05) is 94.9 Å². The van der Waals surface area contributed by atoms with E-state index in [0.717, 1.165) is 43.6 Å². The quantitative estimate of drug-likeness (QED) is 0.0168. The highest BCUT2D eigenvalue weighted by Crippen LogP contribution is 2.48. The molecule has 30 nitrogen and oxygen atoms in total. The maximum absolute atomic E-state index is 14.3. The van der Waals surface area contributed by atoms with Gasteiger partial charge in [-0.2, -0.15) is 0 Å². The predicted molar refractivity (Wildman–Crippen MR) is 480 cm³/mol. The number of fused-ring (bicyclic) bond motifs is 8. The number of anilines is 2. The van der Waals surface area contributed by atoms with Crippen LogP contribution in [0.2, 0.25) is 0 Å². The van der Waals surface area contributed by atoms with Gasteiger partial charge in [-0.05, 0) is 185 Å². The average molecular weight is 1790 g/mol. The lowest BCUT2D eigenvalue weighted by Gasteiger charge is -2.27. The molecule has 4 aliphatic heterocycles. The number of rotatable bonds is 32. The molecule has 0 bridgehead atoms. The summed E-state index contributed by atoms with van der Waals surface area (Å²) in [5.74, 6) is -1.58. The van der Waals surface area contributed by atoms with Crippen molar-refractivity contribution in [2.45, 2.75) is 132 Å². The zero-order valence-corrected chi connectivity index (χ0v) is 71.7. The number of carboxylic acids is 2. The second-order valence-electron chi connectivity index (χ2n) is 32.5. The molecular formula is C96H96F4N10O20. The Hall–Kier alpha value is -14.2. The molecule has 9 aromatic carbocycles. The van der Waals surface area contributed by atoms with Crippen molar-refractivity contribution in [2.75, 3.05) is 63.2 Å². The smallest absolute Gasteiger partial charge is 0.303 e. The minimum Gasteiger partial charge on any atom is -0.493 e. The van der Waals surface area contributed by atoms with Crippen LogP contribution in [0, 0.1) is 54.7 Å². The van der Waals surface area contributed by atoms with E-state index >= 15 is 0 Å². The Bertz CT molecular complexity index is 6380. The van der Waals surface area contributed by atoms with E-state index < -0.39 is 41.1 Å². The van der Waals surface area contributed by atoms with Crippen LogP contribution >= 0.6 is 0 Å². The topological polar surface area (TPSA) is 373 Å². The van der Waals surface area contributed by atoms with E-state index in [4.69, 9.17) is 48.1 Å². The zero-order chi connectivity index (χ0) is 92.0.